The van der Waals surface area contributed by atoms with E-state index in [1.165, 1.54) is 0 Å². The SMILES string of the molecule is N#Cc1ccccc1OCCCN1CCNCC1. The predicted octanol–water partition coefficient (Wildman–Crippen LogP) is 1.23. The smallest absolute Gasteiger partial charge is 0.137 e. The van der Waals surface area contributed by atoms with E-state index < -0.39 is 0 Å². The molecule has 1 aromatic carbocycles. The number of nitrogens with zero attached hydrogens (tertiary/aromatic N) is 2. The molecule has 0 saturated carbocycles. The van der Waals surface area contributed by atoms with Crippen molar-refractivity contribution in [3.63, 3.8) is 0 Å². The van der Waals surface area contributed by atoms with E-state index in [2.05, 4.69) is 16.3 Å². The van der Waals surface area contributed by atoms with Crippen LogP contribution in [-0.2, 0) is 0 Å². The Morgan fingerprint density at radius 1 is 1.28 bits per heavy atom. The zero-order valence-corrected chi connectivity index (χ0v) is 10.6. The third kappa shape index (κ3) is 3.73. The van der Waals surface area contributed by atoms with Crippen LogP contribution in [0, 0.1) is 11.3 Å². The molecule has 96 valence electrons. The normalized spacial score (nSPS) is 16.2. The zero-order chi connectivity index (χ0) is 12.6. The Hall–Kier alpha value is -1.57. The zero-order valence-electron chi connectivity index (χ0n) is 10.6. The van der Waals surface area contributed by atoms with E-state index >= 15 is 0 Å². The Morgan fingerprint density at radius 3 is 2.83 bits per heavy atom. The largest absolute Gasteiger partial charge is 0.492 e. The number of rotatable bonds is 5. The maximum Gasteiger partial charge on any atom is 0.137 e. The van der Waals surface area contributed by atoms with Crippen LogP contribution in [0.4, 0.5) is 0 Å². The Balaban J connectivity index is 1.70. The van der Waals surface area contributed by atoms with Gasteiger partial charge in [-0.25, -0.2) is 0 Å². The van der Waals surface area contributed by atoms with Crippen LogP contribution in [0.5, 0.6) is 5.75 Å². The lowest BCUT2D eigenvalue weighted by atomic mass is 10.2. The molecule has 1 saturated heterocycles. The monoisotopic (exact) mass is 245 g/mol. The van der Waals surface area contributed by atoms with Gasteiger partial charge in [0, 0.05) is 32.7 Å². The summed E-state index contributed by atoms with van der Waals surface area (Å²) in [6.07, 6.45) is 1.000. The van der Waals surface area contributed by atoms with E-state index in [1.54, 1.807) is 6.07 Å². The molecule has 0 radical (unpaired) electrons. The van der Waals surface area contributed by atoms with Gasteiger partial charge in [-0.05, 0) is 18.6 Å². The Morgan fingerprint density at radius 2 is 2.06 bits per heavy atom. The van der Waals surface area contributed by atoms with Crippen LogP contribution in [0.25, 0.3) is 0 Å². The van der Waals surface area contributed by atoms with Crippen molar-refractivity contribution in [1.29, 1.82) is 5.26 Å². The molecule has 1 heterocycles. The molecule has 0 aromatic heterocycles. The highest BCUT2D eigenvalue weighted by Gasteiger charge is 2.08. The summed E-state index contributed by atoms with van der Waals surface area (Å²) in [7, 11) is 0. The first-order valence-electron chi connectivity index (χ1n) is 6.45. The summed E-state index contributed by atoms with van der Waals surface area (Å²) in [4.78, 5) is 2.44. The molecule has 1 aliphatic rings. The van der Waals surface area contributed by atoms with Crippen molar-refractivity contribution in [1.82, 2.24) is 10.2 Å². The van der Waals surface area contributed by atoms with E-state index in [0.29, 0.717) is 17.9 Å². The molecule has 0 atom stereocenters. The number of hydrogen-bond donors (Lipinski definition) is 1. The molecule has 4 nitrogen and oxygen atoms in total. The predicted molar refractivity (Wildman–Crippen MR) is 70.6 cm³/mol. The van der Waals surface area contributed by atoms with Gasteiger partial charge in [-0.3, -0.25) is 0 Å². The first kappa shape index (κ1) is 12.9. The fourth-order valence-electron chi connectivity index (χ4n) is 2.09. The van der Waals surface area contributed by atoms with Crippen LogP contribution < -0.4 is 10.1 Å². The maximum atomic E-state index is 8.93. The molecule has 0 unspecified atom stereocenters. The van der Waals surface area contributed by atoms with Gasteiger partial charge in [0.25, 0.3) is 0 Å². The Bertz CT molecular complexity index is 408. The van der Waals surface area contributed by atoms with Crippen LogP contribution in [0.15, 0.2) is 24.3 Å². The number of piperazine rings is 1. The van der Waals surface area contributed by atoms with Crippen molar-refractivity contribution in [2.24, 2.45) is 0 Å². The van der Waals surface area contributed by atoms with E-state index in [0.717, 1.165) is 39.1 Å². The summed E-state index contributed by atoms with van der Waals surface area (Å²) < 4.78 is 5.65. The first-order chi connectivity index (χ1) is 8.90. The van der Waals surface area contributed by atoms with Gasteiger partial charge in [-0.15, -0.1) is 0 Å². The van der Waals surface area contributed by atoms with Crippen LogP contribution in [-0.4, -0.2) is 44.2 Å². The fourth-order valence-corrected chi connectivity index (χ4v) is 2.09. The molecule has 1 aromatic rings. The van der Waals surface area contributed by atoms with Gasteiger partial charge in [-0.1, -0.05) is 12.1 Å². The molecule has 0 aliphatic carbocycles. The van der Waals surface area contributed by atoms with Crippen molar-refractivity contribution >= 4 is 0 Å². The standard InChI is InChI=1S/C14H19N3O/c15-12-13-4-1-2-5-14(13)18-11-3-8-17-9-6-16-7-10-17/h1-2,4-5,16H,3,6-11H2. The lowest BCUT2D eigenvalue weighted by Crippen LogP contribution is -2.43. The minimum Gasteiger partial charge on any atom is -0.492 e. The highest BCUT2D eigenvalue weighted by Crippen LogP contribution is 2.16. The maximum absolute atomic E-state index is 8.93. The molecule has 2 rings (SSSR count). The molecule has 0 bridgehead atoms. The Labute approximate surface area is 108 Å². The molecular weight excluding hydrogens is 226 g/mol. The number of benzene rings is 1. The summed E-state index contributed by atoms with van der Waals surface area (Å²) in [5.41, 5.74) is 0.611. The van der Waals surface area contributed by atoms with Crippen molar-refractivity contribution in [3.05, 3.63) is 29.8 Å². The van der Waals surface area contributed by atoms with Gasteiger partial charge in [0.15, 0.2) is 0 Å². The minimum atomic E-state index is 0.611. The number of nitriles is 1. The van der Waals surface area contributed by atoms with E-state index in [4.69, 9.17) is 10.00 Å². The van der Waals surface area contributed by atoms with E-state index in [9.17, 15) is 0 Å². The third-order valence-corrected chi connectivity index (χ3v) is 3.09. The molecule has 1 N–H and O–H groups in total. The molecule has 1 fully saturated rings. The molecule has 0 amide bonds. The second kappa shape index (κ2) is 7.00. The van der Waals surface area contributed by atoms with Gasteiger partial charge in [0.1, 0.15) is 11.8 Å². The van der Waals surface area contributed by atoms with Gasteiger partial charge < -0.3 is 15.0 Å². The summed E-state index contributed by atoms with van der Waals surface area (Å²) in [5, 5.41) is 12.3. The van der Waals surface area contributed by atoms with Gasteiger partial charge in [0.05, 0.1) is 12.2 Å². The second-order valence-corrected chi connectivity index (χ2v) is 4.40. The van der Waals surface area contributed by atoms with Crippen LogP contribution in [0.1, 0.15) is 12.0 Å². The van der Waals surface area contributed by atoms with Crippen molar-refractivity contribution < 1.29 is 4.74 Å². The minimum absolute atomic E-state index is 0.611. The number of hydrogen-bond acceptors (Lipinski definition) is 4. The van der Waals surface area contributed by atoms with Crippen LogP contribution in [0.2, 0.25) is 0 Å². The molecule has 4 heteroatoms. The average molecular weight is 245 g/mol. The van der Waals surface area contributed by atoms with Crippen molar-refractivity contribution in [3.8, 4) is 11.8 Å². The quantitative estimate of drug-likeness (QED) is 0.793. The van der Waals surface area contributed by atoms with Gasteiger partial charge in [-0.2, -0.15) is 5.26 Å². The second-order valence-electron chi connectivity index (χ2n) is 4.40. The highest BCUT2D eigenvalue weighted by molar-refractivity contribution is 5.42. The summed E-state index contributed by atoms with van der Waals surface area (Å²) in [5.74, 6) is 0.695. The summed E-state index contributed by atoms with van der Waals surface area (Å²) >= 11 is 0. The topological polar surface area (TPSA) is 48.3 Å². The average Bonchev–Trinajstić information content (AvgIpc) is 2.45. The molecular formula is C14H19N3O. The number of para-hydroxylation sites is 1. The Kier molecular flexibility index (Phi) is 5.00. The molecule has 18 heavy (non-hydrogen) atoms. The van der Waals surface area contributed by atoms with Gasteiger partial charge in [0.2, 0.25) is 0 Å². The van der Waals surface area contributed by atoms with Crippen molar-refractivity contribution in [2.75, 3.05) is 39.3 Å². The summed E-state index contributed by atoms with van der Waals surface area (Å²) in [6, 6.07) is 9.52. The lowest BCUT2D eigenvalue weighted by molar-refractivity contribution is 0.214. The first-order valence-corrected chi connectivity index (χ1v) is 6.45. The highest BCUT2D eigenvalue weighted by atomic mass is 16.5. The van der Waals surface area contributed by atoms with Gasteiger partial charge >= 0.3 is 0 Å². The fraction of sp³-hybridized carbons (Fsp3) is 0.500. The molecule has 1 aliphatic heterocycles. The number of nitrogens with one attached hydrogen (secondary N) is 1. The van der Waals surface area contributed by atoms with Crippen LogP contribution in [0.3, 0.4) is 0 Å². The van der Waals surface area contributed by atoms with E-state index in [1.807, 2.05) is 18.2 Å². The number of ether oxygens (including phenoxy) is 1. The summed E-state index contributed by atoms with van der Waals surface area (Å²) in [6.45, 7) is 6.14. The van der Waals surface area contributed by atoms with Crippen molar-refractivity contribution in [2.45, 2.75) is 6.42 Å². The van der Waals surface area contributed by atoms with Crippen LogP contribution >= 0.6 is 0 Å². The van der Waals surface area contributed by atoms with E-state index in [-0.39, 0.29) is 0 Å². The molecule has 0 spiro atoms. The lowest BCUT2D eigenvalue weighted by Gasteiger charge is -2.26. The third-order valence-electron chi connectivity index (χ3n) is 3.09.